The van der Waals surface area contributed by atoms with Crippen molar-refractivity contribution in [1.29, 1.82) is 0 Å². The molecule has 9 heavy (non-hydrogen) atoms. The molecule has 0 saturated heterocycles. The van der Waals surface area contributed by atoms with E-state index >= 15 is 0 Å². The molecule has 0 fully saturated rings. The second-order valence-electron chi connectivity index (χ2n) is 1.79. The van der Waals surface area contributed by atoms with Crippen molar-refractivity contribution < 1.29 is 9.94 Å². The summed E-state index contributed by atoms with van der Waals surface area (Å²) in [5.74, 6) is 0. The number of nitrogens with one attached hydrogen (secondary N) is 1. The van der Waals surface area contributed by atoms with Gasteiger partial charge in [-0.25, -0.2) is 5.48 Å². The molecule has 0 radical (unpaired) electrons. The van der Waals surface area contributed by atoms with Gasteiger partial charge in [0.25, 0.3) is 0 Å². The summed E-state index contributed by atoms with van der Waals surface area (Å²) in [7, 11) is 1.61. The number of hydroxylamine groups is 1. The average Bonchev–Trinajstić information content (AvgIpc) is 1.91. The van der Waals surface area contributed by atoms with Crippen LogP contribution in [-0.2, 0) is 4.74 Å². The molecule has 4 heteroatoms. The molecule has 56 valence electrons. The van der Waals surface area contributed by atoms with Crippen molar-refractivity contribution in [3.8, 4) is 0 Å². The molecule has 0 aliphatic heterocycles. The Morgan fingerprint density at radius 3 is 2.78 bits per heavy atom. The van der Waals surface area contributed by atoms with E-state index in [0.717, 1.165) is 6.42 Å². The molecule has 0 aromatic rings. The van der Waals surface area contributed by atoms with Crippen LogP contribution in [0.5, 0.6) is 0 Å². The summed E-state index contributed by atoms with van der Waals surface area (Å²) in [4.78, 5) is 0. The Labute approximate surface area is 55.0 Å². The third-order valence-electron chi connectivity index (χ3n) is 1.17. The maximum atomic E-state index is 8.16. The molecule has 0 saturated carbocycles. The van der Waals surface area contributed by atoms with Crippen LogP contribution in [0.1, 0.15) is 6.42 Å². The first-order valence-electron chi connectivity index (χ1n) is 2.95. The first-order valence-corrected chi connectivity index (χ1v) is 2.95. The minimum absolute atomic E-state index is 0.0599. The third-order valence-corrected chi connectivity index (χ3v) is 1.17. The van der Waals surface area contributed by atoms with Crippen molar-refractivity contribution in [3.63, 3.8) is 0 Å². The van der Waals surface area contributed by atoms with Crippen LogP contribution >= 0.6 is 0 Å². The molecule has 0 aliphatic carbocycles. The van der Waals surface area contributed by atoms with Crippen LogP contribution in [0.3, 0.4) is 0 Å². The van der Waals surface area contributed by atoms with Gasteiger partial charge in [0.1, 0.15) is 0 Å². The number of ether oxygens (including phenoxy) is 1. The van der Waals surface area contributed by atoms with E-state index in [4.69, 9.17) is 15.7 Å². The van der Waals surface area contributed by atoms with Crippen molar-refractivity contribution in [3.05, 3.63) is 0 Å². The molecule has 4 nitrogen and oxygen atoms in total. The highest BCUT2D eigenvalue weighted by Gasteiger charge is 2.01. The first-order chi connectivity index (χ1) is 4.35. The van der Waals surface area contributed by atoms with Gasteiger partial charge >= 0.3 is 0 Å². The third kappa shape index (κ3) is 4.35. The molecule has 1 unspecified atom stereocenters. The lowest BCUT2D eigenvalue weighted by atomic mass is 10.2. The predicted molar refractivity (Wildman–Crippen MR) is 34.3 cm³/mol. The summed E-state index contributed by atoms with van der Waals surface area (Å²) >= 11 is 0. The minimum Gasteiger partial charge on any atom is -0.380 e. The summed E-state index contributed by atoms with van der Waals surface area (Å²) < 4.78 is 4.93. The number of hydrogen-bond donors (Lipinski definition) is 3. The fraction of sp³-hybridized carbons (Fsp3) is 1.00. The van der Waals surface area contributed by atoms with Crippen LogP contribution in [0, 0.1) is 0 Å². The van der Waals surface area contributed by atoms with Crippen molar-refractivity contribution in [1.82, 2.24) is 5.48 Å². The molecule has 0 rings (SSSR count). The van der Waals surface area contributed by atoms with Gasteiger partial charge in [-0.05, 0) is 6.42 Å². The standard InChI is InChI=1S/C5H14N2O2/c1-9-5(4-6)2-3-7-8/h5,7-8H,2-4,6H2,1H3. The first kappa shape index (κ1) is 8.84. The fourth-order valence-electron chi connectivity index (χ4n) is 0.557. The highest BCUT2D eigenvalue weighted by atomic mass is 16.5. The highest BCUT2D eigenvalue weighted by Crippen LogP contribution is 1.91. The summed E-state index contributed by atoms with van der Waals surface area (Å²) in [5.41, 5.74) is 7.32. The predicted octanol–water partition coefficient (Wildman–Crippen LogP) is -0.671. The Balaban J connectivity index is 3.09. The zero-order valence-corrected chi connectivity index (χ0v) is 5.63. The second-order valence-corrected chi connectivity index (χ2v) is 1.79. The number of rotatable bonds is 5. The Bertz CT molecular complexity index is 56.9. The van der Waals surface area contributed by atoms with E-state index in [2.05, 4.69) is 0 Å². The second kappa shape index (κ2) is 5.97. The van der Waals surface area contributed by atoms with Gasteiger partial charge in [0.15, 0.2) is 0 Å². The maximum absolute atomic E-state index is 8.16. The monoisotopic (exact) mass is 134 g/mol. The Morgan fingerprint density at radius 2 is 2.44 bits per heavy atom. The van der Waals surface area contributed by atoms with Crippen molar-refractivity contribution in [2.45, 2.75) is 12.5 Å². The smallest absolute Gasteiger partial charge is 0.0706 e. The molecule has 0 amide bonds. The fourth-order valence-corrected chi connectivity index (χ4v) is 0.557. The van der Waals surface area contributed by atoms with Gasteiger partial charge < -0.3 is 15.7 Å². The van der Waals surface area contributed by atoms with E-state index in [1.54, 1.807) is 7.11 Å². The van der Waals surface area contributed by atoms with Crippen LogP contribution in [0.15, 0.2) is 0 Å². The molecule has 4 N–H and O–H groups in total. The summed E-state index contributed by atoms with van der Waals surface area (Å²) in [6.45, 7) is 1.02. The Hall–Kier alpha value is -0.160. The van der Waals surface area contributed by atoms with Crippen LogP contribution in [0.25, 0.3) is 0 Å². The number of hydrogen-bond acceptors (Lipinski definition) is 4. The normalized spacial score (nSPS) is 13.7. The minimum atomic E-state index is 0.0599. The topological polar surface area (TPSA) is 67.5 Å². The summed E-state index contributed by atoms with van der Waals surface area (Å²) in [6.07, 6.45) is 0.799. The van der Waals surface area contributed by atoms with Crippen LogP contribution < -0.4 is 11.2 Å². The molecule has 1 atom stereocenters. The van der Waals surface area contributed by atoms with Crippen molar-refractivity contribution >= 4 is 0 Å². The summed E-state index contributed by atoms with van der Waals surface area (Å²) in [5, 5.41) is 8.16. The lowest BCUT2D eigenvalue weighted by molar-refractivity contribution is 0.0837. The van der Waals surface area contributed by atoms with Gasteiger partial charge in [-0.15, -0.1) is 0 Å². The van der Waals surface area contributed by atoms with E-state index < -0.39 is 0 Å². The molecule has 0 aromatic heterocycles. The molecular weight excluding hydrogens is 120 g/mol. The van der Waals surface area contributed by atoms with E-state index in [1.165, 1.54) is 0 Å². The van der Waals surface area contributed by atoms with Crippen molar-refractivity contribution in [2.24, 2.45) is 5.73 Å². The molecule has 0 aliphatic rings. The van der Waals surface area contributed by atoms with Crippen LogP contribution in [-0.4, -0.2) is 31.5 Å². The molecule has 0 heterocycles. The van der Waals surface area contributed by atoms with E-state index in [-0.39, 0.29) is 6.10 Å². The largest absolute Gasteiger partial charge is 0.380 e. The lowest BCUT2D eigenvalue weighted by Gasteiger charge is -2.10. The SMILES string of the molecule is COC(CN)CCNO. The number of methoxy groups -OCH3 is 1. The van der Waals surface area contributed by atoms with Crippen molar-refractivity contribution in [2.75, 3.05) is 20.2 Å². The zero-order chi connectivity index (χ0) is 7.11. The quantitative estimate of drug-likeness (QED) is 0.436. The molecule has 0 spiro atoms. The summed E-state index contributed by atoms with van der Waals surface area (Å²) in [6, 6.07) is 0. The maximum Gasteiger partial charge on any atom is 0.0706 e. The number of nitrogens with two attached hydrogens (primary N) is 1. The van der Waals surface area contributed by atoms with E-state index in [1.807, 2.05) is 5.48 Å². The molecule has 0 bridgehead atoms. The van der Waals surface area contributed by atoms with E-state index in [0.29, 0.717) is 13.1 Å². The molecular formula is C5H14N2O2. The van der Waals surface area contributed by atoms with E-state index in [9.17, 15) is 0 Å². The van der Waals surface area contributed by atoms with Gasteiger partial charge in [-0.1, -0.05) is 0 Å². The van der Waals surface area contributed by atoms with Gasteiger partial charge in [0.2, 0.25) is 0 Å². The zero-order valence-electron chi connectivity index (χ0n) is 5.63. The van der Waals surface area contributed by atoms with Gasteiger partial charge in [-0.2, -0.15) is 0 Å². The highest BCUT2D eigenvalue weighted by molar-refractivity contribution is 4.57. The Kier molecular flexibility index (Phi) is 5.86. The van der Waals surface area contributed by atoms with Gasteiger partial charge in [0, 0.05) is 20.2 Å². The van der Waals surface area contributed by atoms with Crippen LogP contribution in [0.4, 0.5) is 0 Å². The lowest BCUT2D eigenvalue weighted by Crippen LogP contribution is -2.26. The average molecular weight is 134 g/mol. The Morgan fingerprint density at radius 1 is 1.78 bits per heavy atom. The van der Waals surface area contributed by atoms with Crippen LogP contribution in [0.2, 0.25) is 0 Å². The van der Waals surface area contributed by atoms with Gasteiger partial charge in [-0.3, -0.25) is 0 Å². The van der Waals surface area contributed by atoms with Gasteiger partial charge in [0.05, 0.1) is 6.10 Å². The molecule has 0 aromatic carbocycles.